The second kappa shape index (κ2) is 7.19. The zero-order chi connectivity index (χ0) is 18.7. The topological polar surface area (TPSA) is 69.7 Å². The first kappa shape index (κ1) is 17.4. The van der Waals surface area contributed by atoms with Crippen molar-refractivity contribution in [3.63, 3.8) is 0 Å². The van der Waals surface area contributed by atoms with Crippen molar-refractivity contribution in [1.29, 1.82) is 0 Å². The second-order valence-electron chi connectivity index (χ2n) is 5.64. The molecule has 0 radical (unpaired) electrons. The van der Waals surface area contributed by atoms with E-state index in [1.807, 2.05) is 0 Å². The molecule has 26 heavy (non-hydrogen) atoms. The average Bonchev–Trinajstić information content (AvgIpc) is 2.71. The van der Waals surface area contributed by atoms with E-state index in [1.54, 1.807) is 60.7 Å². The van der Waals surface area contributed by atoms with Crippen LogP contribution in [0.4, 0.5) is 0 Å². The minimum Gasteiger partial charge on any atom is -0.465 e. The van der Waals surface area contributed by atoms with E-state index in [4.69, 9.17) is 9.47 Å². The lowest BCUT2D eigenvalue weighted by molar-refractivity contribution is 0.0590. The van der Waals surface area contributed by atoms with Crippen LogP contribution in [0.1, 0.15) is 36.6 Å². The minimum atomic E-state index is -0.594. The van der Waals surface area contributed by atoms with Crippen LogP contribution >= 0.6 is 0 Å². The fourth-order valence-electron chi connectivity index (χ4n) is 2.75. The van der Waals surface area contributed by atoms with Crippen molar-refractivity contribution in [3.05, 3.63) is 82.9 Å². The molecule has 0 atom stereocenters. The molecule has 0 aromatic heterocycles. The molecule has 3 aromatic rings. The lowest BCUT2D eigenvalue weighted by Gasteiger charge is -2.10. The summed E-state index contributed by atoms with van der Waals surface area (Å²) in [4.78, 5) is 36.8. The molecule has 3 rings (SSSR count). The van der Waals surface area contributed by atoms with Gasteiger partial charge in [-0.2, -0.15) is 0 Å². The zero-order valence-electron chi connectivity index (χ0n) is 14.3. The zero-order valence-corrected chi connectivity index (χ0v) is 14.3. The molecule has 0 aliphatic carbocycles. The SMILES string of the molecule is COC(=O)c1ccc2cc(C(=O)OC)c(C(=O)c3ccccc3)cc2c1. The maximum absolute atomic E-state index is 12.9. The van der Waals surface area contributed by atoms with Gasteiger partial charge in [-0.05, 0) is 35.0 Å². The first-order chi connectivity index (χ1) is 12.5. The van der Waals surface area contributed by atoms with Gasteiger partial charge in [0.05, 0.1) is 25.3 Å². The van der Waals surface area contributed by atoms with Crippen molar-refractivity contribution in [2.75, 3.05) is 14.2 Å². The number of ketones is 1. The molecule has 5 nitrogen and oxygen atoms in total. The number of carbonyl (C=O) groups is 3. The van der Waals surface area contributed by atoms with Gasteiger partial charge in [-0.3, -0.25) is 4.79 Å². The molecule has 0 N–H and O–H groups in total. The fraction of sp³-hybridized carbons (Fsp3) is 0.0952. The van der Waals surface area contributed by atoms with E-state index in [1.165, 1.54) is 14.2 Å². The molecular formula is C21H16O5. The normalized spacial score (nSPS) is 10.4. The summed E-state index contributed by atoms with van der Waals surface area (Å²) in [6, 6.07) is 16.8. The molecule has 0 aliphatic rings. The van der Waals surface area contributed by atoms with Crippen LogP contribution in [-0.4, -0.2) is 31.9 Å². The second-order valence-corrected chi connectivity index (χ2v) is 5.64. The van der Waals surface area contributed by atoms with Gasteiger partial charge < -0.3 is 9.47 Å². The molecular weight excluding hydrogens is 332 g/mol. The number of fused-ring (bicyclic) bond motifs is 1. The maximum Gasteiger partial charge on any atom is 0.338 e. The largest absolute Gasteiger partial charge is 0.465 e. The van der Waals surface area contributed by atoms with E-state index in [0.717, 1.165) is 0 Å². The number of carbonyl (C=O) groups excluding carboxylic acids is 3. The summed E-state index contributed by atoms with van der Waals surface area (Å²) in [6.07, 6.45) is 0. The Bertz CT molecular complexity index is 1010. The van der Waals surface area contributed by atoms with Gasteiger partial charge in [0, 0.05) is 11.1 Å². The predicted molar refractivity (Wildman–Crippen MR) is 96.5 cm³/mol. The molecule has 130 valence electrons. The van der Waals surface area contributed by atoms with Gasteiger partial charge >= 0.3 is 11.9 Å². The molecule has 0 fully saturated rings. The Morgan fingerprint density at radius 2 is 1.31 bits per heavy atom. The van der Waals surface area contributed by atoms with E-state index in [9.17, 15) is 14.4 Å². The Labute approximate surface area is 150 Å². The number of methoxy groups -OCH3 is 2. The van der Waals surface area contributed by atoms with Crippen molar-refractivity contribution in [2.45, 2.75) is 0 Å². The molecule has 0 amide bonds. The summed E-state index contributed by atoms with van der Waals surface area (Å²) in [5.74, 6) is -1.36. The van der Waals surface area contributed by atoms with E-state index in [2.05, 4.69) is 0 Å². The molecule has 0 saturated heterocycles. The lowest BCUT2D eigenvalue weighted by Crippen LogP contribution is -2.11. The van der Waals surface area contributed by atoms with E-state index < -0.39 is 11.9 Å². The van der Waals surface area contributed by atoms with Gasteiger partial charge in [0.1, 0.15) is 0 Å². The fourth-order valence-corrected chi connectivity index (χ4v) is 2.75. The third kappa shape index (κ3) is 3.19. The first-order valence-electron chi connectivity index (χ1n) is 7.89. The Morgan fingerprint density at radius 3 is 1.96 bits per heavy atom. The van der Waals surface area contributed by atoms with Crippen molar-refractivity contribution >= 4 is 28.5 Å². The van der Waals surface area contributed by atoms with Crippen LogP contribution in [0.5, 0.6) is 0 Å². The van der Waals surface area contributed by atoms with Crippen molar-refractivity contribution in [3.8, 4) is 0 Å². The van der Waals surface area contributed by atoms with E-state index >= 15 is 0 Å². The van der Waals surface area contributed by atoms with Crippen LogP contribution < -0.4 is 0 Å². The first-order valence-corrected chi connectivity index (χ1v) is 7.89. The number of hydrogen-bond acceptors (Lipinski definition) is 5. The van der Waals surface area contributed by atoms with Crippen LogP contribution in [0.3, 0.4) is 0 Å². The van der Waals surface area contributed by atoms with Gasteiger partial charge in [-0.1, -0.05) is 36.4 Å². The highest BCUT2D eigenvalue weighted by atomic mass is 16.5. The van der Waals surface area contributed by atoms with Crippen molar-refractivity contribution in [2.24, 2.45) is 0 Å². The molecule has 3 aromatic carbocycles. The Morgan fingerprint density at radius 1 is 0.654 bits per heavy atom. The molecule has 0 saturated carbocycles. The molecule has 0 unspecified atom stereocenters. The van der Waals surface area contributed by atoms with Gasteiger partial charge in [0.15, 0.2) is 5.78 Å². The van der Waals surface area contributed by atoms with Gasteiger partial charge in [-0.15, -0.1) is 0 Å². The maximum atomic E-state index is 12.9. The summed E-state index contributed by atoms with van der Waals surface area (Å²) in [5.41, 5.74) is 1.22. The van der Waals surface area contributed by atoms with Crippen LogP contribution in [0, 0.1) is 0 Å². The summed E-state index contributed by atoms with van der Waals surface area (Å²) in [5, 5.41) is 1.36. The number of esters is 2. The summed E-state index contributed by atoms with van der Waals surface area (Å²) >= 11 is 0. The minimum absolute atomic E-state index is 0.180. The summed E-state index contributed by atoms with van der Waals surface area (Å²) in [7, 11) is 2.57. The average molecular weight is 348 g/mol. The summed E-state index contributed by atoms with van der Waals surface area (Å²) in [6.45, 7) is 0. The molecule has 0 aliphatic heterocycles. The molecule has 0 bridgehead atoms. The smallest absolute Gasteiger partial charge is 0.338 e. The highest BCUT2D eigenvalue weighted by Gasteiger charge is 2.20. The van der Waals surface area contributed by atoms with E-state index in [-0.39, 0.29) is 16.9 Å². The van der Waals surface area contributed by atoms with Crippen LogP contribution in [-0.2, 0) is 9.47 Å². The third-order valence-corrected chi connectivity index (χ3v) is 4.08. The lowest BCUT2D eigenvalue weighted by atomic mass is 9.94. The van der Waals surface area contributed by atoms with Crippen molar-refractivity contribution < 1.29 is 23.9 Å². The highest BCUT2D eigenvalue weighted by Crippen LogP contribution is 2.25. The van der Waals surface area contributed by atoms with Gasteiger partial charge in [0.25, 0.3) is 0 Å². The van der Waals surface area contributed by atoms with Gasteiger partial charge in [-0.25, -0.2) is 9.59 Å². The van der Waals surface area contributed by atoms with Crippen LogP contribution in [0.15, 0.2) is 60.7 Å². The number of rotatable bonds is 4. The van der Waals surface area contributed by atoms with Crippen LogP contribution in [0.25, 0.3) is 10.8 Å². The standard InChI is InChI=1S/C21H16O5/c1-25-20(23)15-9-8-14-11-18(21(24)26-2)17(12-16(14)10-15)19(22)13-6-4-3-5-7-13/h3-12H,1-2H3. The molecule has 5 heteroatoms. The number of benzene rings is 3. The van der Waals surface area contributed by atoms with Gasteiger partial charge in [0.2, 0.25) is 0 Å². The number of ether oxygens (including phenoxy) is 2. The molecule has 0 heterocycles. The Hall–Kier alpha value is -3.47. The van der Waals surface area contributed by atoms with Crippen molar-refractivity contribution in [1.82, 2.24) is 0 Å². The Kier molecular flexibility index (Phi) is 4.80. The van der Waals surface area contributed by atoms with Crippen LogP contribution in [0.2, 0.25) is 0 Å². The Balaban J connectivity index is 2.21. The molecule has 0 spiro atoms. The predicted octanol–water partition coefficient (Wildman–Crippen LogP) is 3.64. The number of hydrogen-bond donors (Lipinski definition) is 0. The highest BCUT2D eigenvalue weighted by molar-refractivity contribution is 6.16. The van der Waals surface area contributed by atoms with E-state index in [0.29, 0.717) is 21.9 Å². The summed E-state index contributed by atoms with van der Waals surface area (Å²) < 4.78 is 9.56. The third-order valence-electron chi connectivity index (χ3n) is 4.08. The quantitative estimate of drug-likeness (QED) is 0.532. The monoisotopic (exact) mass is 348 g/mol.